The topological polar surface area (TPSA) is 106 Å². The van der Waals surface area contributed by atoms with Crippen molar-refractivity contribution >= 4 is 11.7 Å². The van der Waals surface area contributed by atoms with Gasteiger partial charge in [0.25, 0.3) is 5.56 Å². The van der Waals surface area contributed by atoms with Gasteiger partial charge in [-0.05, 0) is 30.5 Å². The molecule has 1 atom stereocenters. The fourth-order valence-electron chi connectivity index (χ4n) is 4.40. The number of phenols is 1. The van der Waals surface area contributed by atoms with Crippen LogP contribution in [0.5, 0.6) is 17.2 Å². The van der Waals surface area contributed by atoms with E-state index >= 15 is 0 Å². The lowest BCUT2D eigenvalue weighted by molar-refractivity contribution is -0.116. The summed E-state index contributed by atoms with van der Waals surface area (Å²) in [6.07, 6.45) is 5.54. The lowest BCUT2D eigenvalue weighted by Crippen LogP contribution is -2.27. The number of aromatic hydroxyl groups is 1. The second-order valence-corrected chi connectivity index (χ2v) is 7.44. The van der Waals surface area contributed by atoms with Gasteiger partial charge in [0.1, 0.15) is 5.82 Å². The zero-order valence-electron chi connectivity index (χ0n) is 16.1. The van der Waals surface area contributed by atoms with E-state index in [-0.39, 0.29) is 41.2 Å². The number of H-pyrrole nitrogens is 1. The third kappa shape index (κ3) is 3.02. The number of anilines is 1. The van der Waals surface area contributed by atoms with Crippen LogP contribution >= 0.6 is 0 Å². The number of aromatic nitrogens is 2. The quantitative estimate of drug-likeness (QED) is 0.748. The number of phenolic OH excluding ortho intramolecular Hbond substituents is 1. The summed E-state index contributed by atoms with van der Waals surface area (Å²) in [5.41, 5.74) is 1.03. The van der Waals surface area contributed by atoms with Crippen LogP contribution in [0.4, 0.5) is 5.82 Å². The Balaban J connectivity index is 1.83. The number of amides is 1. The fourth-order valence-corrected chi connectivity index (χ4v) is 4.40. The Labute approximate surface area is 162 Å². The fraction of sp³-hybridized carbons (Fsp3) is 0.500. The molecule has 0 unspecified atom stereocenters. The molecule has 8 heteroatoms. The highest BCUT2D eigenvalue weighted by Gasteiger charge is 2.35. The van der Waals surface area contributed by atoms with Gasteiger partial charge < -0.3 is 19.9 Å². The molecule has 1 aliphatic carbocycles. The number of carbonyl (C=O) groups is 1. The van der Waals surface area contributed by atoms with E-state index in [2.05, 4.69) is 10.4 Å². The van der Waals surface area contributed by atoms with E-state index in [1.54, 1.807) is 12.1 Å². The van der Waals surface area contributed by atoms with Crippen LogP contribution in [0.1, 0.15) is 61.6 Å². The predicted molar refractivity (Wildman–Crippen MR) is 103 cm³/mol. The Bertz CT molecular complexity index is 930. The normalized spacial score (nSPS) is 19.8. The molecule has 2 aromatic rings. The van der Waals surface area contributed by atoms with Gasteiger partial charge in [0.05, 0.1) is 25.8 Å². The molecular formula is C20H25N3O5. The Morgan fingerprint density at radius 1 is 1.07 bits per heavy atom. The molecule has 4 rings (SSSR count). The van der Waals surface area contributed by atoms with Crippen LogP contribution in [0.15, 0.2) is 16.9 Å². The highest BCUT2D eigenvalue weighted by atomic mass is 16.5. The number of fused-ring (bicyclic) bond motifs is 1. The minimum absolute atomic E-state index is 0.108. The van der Waals surface area contributed by atoms with Crippen molar-refractivity contribution in [2.24, 2.45) is 0 Å². The molecule has 3 N–H and O–H groups in total. The second kappa shape index (κ2) is 7.26. The van der Waals surface area contributed by atoms with Gasteiger partial charge in [-0.15, -0.1) is 0 Å². The van der Waals surface area contributed by atoms with E-state index in [1.165, 1.54) is 20.6 Å². The number of nitrogens with one attached hydrogen (secondary N) is 2. The Morgan fingerprint density at radius 2 is 1.71 bits per heavy atom. The molecule has 1 aromatic heterocycles. The molecule has 1 saturated carbocycles. The smallest absolute Gasteiger partial charge is 0.270 e. The van der Waals surface area contributed by atoms with Crippen molar-refractivity contribution in [3.05, 3.63) is 33.6 Å². The zero-order chi connectivity index (χ0) is 19.8. The number of carbonyl (C=O) groups excluding carboxylic acids is 1. The molecule has 0 bridgehead atoms. The zero-order valence-corrected chi connectivity index (χ0v) is 16.1. The van der Waals surface area contributed by atoms with Gasteiger partial charge in [-0.1, -0.05) is 19.3 Å². The number of ether oxygens (including phenoxy) is 2. The van der Waals surface area contributed by atoms with E-state index in [0.717, 1.165) is 25.7 Å². The van der Waals surface area contributed by atoms with Crippen LogP contribution < -0.4 is 20.3 Å². The summed E-state index contributed by atoms with van der Waals surface area (Å²) in [7, 11) is 2.90. The largest absolute Gasteiger partial charge is 0.502 e. The third-order valence-corrected chi connectivity index (χ3v) is 5.80. The summed E-state index contributed by atoms with van der Waals surface area (Å²) < 4.78 is 12.3. The number of rotatable bonds is 4. The SMILES string of the molecule is COc1cc([C@H]2CC(=O)Nc3c2c(=O)[nH]n3C2CCCCC2)cc(OC)c1O. The highest BCUT2D eigenvalue weighted by molar-refractivity contribution is 5.94. The van der Waals surface area contributed by atoms with Crippen LogP contribution in [0.2, 0.25) is 0 Å². The van der Waals surface area contributed by atoms with Crippen molar-refractivity contribution in [2.75, 3.05) is 19.5 Å². The number of hydrogen-bond donors (Lipinski definition) is 3. The van der Waals surface area contributed by atoms with E-state index in [9.17, 15) is 14.7 Å². The van der Waals surface area contributed by atoms with Crippen molar-refractivity contribution in [2.45, 2.75) is 50.5 Å². The standard InChI is InChI=1S/C20H25N3O5/c1-27-14-8-11(9-15(28-2)18(14)25)13-10-16(24)21-19-17(13)20(26)22-23(19)12-6-4-3-5-7-12/h8-9,12-13,25H,3-7,10H2,1-2H3,(H,21,24)(H,22,26)/t13-/m1/s1. The van der Waals surface area contributed by atoms with Crippen LogP contribution in [-0.4, -0.2) is 35.0 Å². The minimum atomic E-state index is -0.444. The average Bonchev–Trinajstić information content (AvgIpc) is 3.04. The van der Waals surface area contributed by atoms with Crippen molar-refractivity contribution in [1.82, 2.24) is 9.78 Å². The van der Waals surface area contributed by atoms with Gasteiger partial charge in [-0.25, -0.2) is 0 Å². The minimum Gasteiger partial charge on any atom is -0.502 e. The van der Waals surface area contributed by atoms with Crippen LogP contribution in [0.3, 0.4) is 0 Å². The second-order valence-electron chi connectivity index (χ2n) is 7.44. The maximum absolute atomic E-state index is 12.9. The Hall–Kier alpha value is -2.90. The monoisotopic (exact) mass is 387 g/mol. The Kier molecular flexibility index (Phi) is 4.78. The molecule has 8 nitrogen and oxygen atoms in total. The van der Waals surface area contributed by atoms with E-state index in [1.807, 2.05) is 4.68 Å². The molecular weight excluding hydrogens is 362 g/mol. The van der Waals surface area contributed by atoms with Gasteiger partial charge in [0.2, 0.25) is 11.7 Å². The number of aromatic amines is 1. The van der Waals surface area contributed by atoms with Gasteiger partial charge >= 0.3 is 0 Å². The molecule has 0 radical (unpaired) electrons. The molecule has 1 amide bonds. The maximum Gasteiger partial charge on any atom is 0.270 e. The molecule has 1 aliphatic heterocycles. The van der Waals surface area contributed by atoms with Gasteiger partial charge in [-0.3, -0.25) is 19.4 Å². The summed E-state index contributed by atoms with van der Waals surface area (Å²) in [5, 5.41) is 16.0. The molecule has 2 aliphatic rings. The van der Waals surface area contributed by atoms with E-state index < -0.39 is 5.92 Å². The Morgan fingerprint density at radius 3 is 2.32 bits per heavy atom. The summed E-state index contributed by atoms with van der Waals surface area (Å²) in [4.78, 5) is 25.3. The molecule has 28 heavy (non-hydrogen) atoms. The van der Waals surface area contributed by atoms with Crippen LogP contribution in [0, 0.1) is 0 Å². The summed E-state index contributed by atoms with van der Waals surface area (Å²) >= 11 is 0. The number of hydrogen-bond acceptors (Lipinski definition) is 5. The molecule has 1 aromatic carbocycles. The lowest BCUT2D eigenvalue weighted by atomic mass is 9.86. The first-order valence-corrected chi connectivity index (χ1v) is 9.62. The predicted octanol–water partition coefficient (Wildman–Crippen LogP) is 2.88. The van der Waals surface area contributed by atoms with Crippen LogP contribution in [0.25, 0.3) is 0 Å². The summed E-state index contributed by atoms with van der Waals surface area (Å²) in [5.74, 6) is 0.343. The molecule has 150 valence electrons. The van der Waals surface area contributed by atoms with E-state index in [0.29, 0.717) is 16.9 Å². The average molecular weight is 387 g/mol. The molecule has 0 saturated heterocycles. The van der Waals surface area contributed by atoms with E-state index in [4.69, 9.17) is 9.47 Å². The van der Waals surface area contributed by atoms with Gasteiger partial charge in [-0.2, -0.15) is 0 Å². The first kappa shape index (κ1) is 18.5. The number of methoxy groups -OCH3 is 2. The van der Waals surface area contributed by atoms with Crippen LogP contribution in [-0.2, 0) is 4.79 Å². The molecule has 2 heterocycles. The molecule has 1 fully saturated rings. The highest BCUT2D eigenvalue weighted by Crippen LogP contribution is 2.44. The van der Waals surface area contributed by atoms with Crippen molar-refractivity contribution in [3.8, 4) is 17.2 Å². The summed E-state index contributed by atoms with van der Waals surface area (Å²) in [6.45, 7) is 0. The first-order chi connectivity index (χ1) is 13.5. The van der Waals surface area contributed by atoms with Gasteiger partial charge in [0.15, 0.2) is 11.5 Å². The summed E-state index contributed by atoms with van der Waals surface area (Å²) in [6, 6.07) is 3.50. The van der Waals surface area contributed by atoms with Crippen molar-refractivity contribution in [3.63, 3.8) is 0 Å². The number of nitrogens with zero attached hydrogens (tertiary/aromatic N) is 1. The molecule has 0 spiro atoms. The first-order valence-electron chi connectivity index (χ1n) is 9.62. The lowest BCUT2D eigenvalue weighted by Gasteiger charge is -2.28. The maximum atomic E-state index is 12.9. The van der Waals surface area contributed by atoms with Crippen molar-refractivity contribution in [1.29, 1.82) is 0 Å². The number of benzene rings is 1. The third-order valence-electron chi connectivity index (χ3n) is 5.80. The van der Waals surface area contributed by atoms with Gasteiger partial charge in [0, 0.05) is 12.3 Å². The van der Waals surface area contributed by atoms with Crippen molar-refractivity contribution < 1.29 is 19.4 Å².